The van der Waals surface area contributed by atoms with E-state index in [2.05, 4.69) is 5.32 Å². The van der Waals surface area contributed by atoms with Gasteiger partial charge >= 0.3 is 5.97 Å². The lowest BCUT2D eigenvalue weighted by Gasteiger charge is -2.42. The van der Waals surface area contributed by atoms with Crippen LogP contribution in [0.5, 0.6) is 0 Å². The molecule has 19 nitrogen and oxygen atoms in total. The number of methoxy groups -OCH3 is 4. The summed E-state index contributed by atoms with van der Waals surface area (Å²) >= 11 is 5.54. The average molecular weight is 1160 g/mol. The third-order valence-electron chi connectivity index (χ3n) is 16.4. The number of fused-ring (bicyclic) bond motifs is 3. The Hall–Kier alpha value is -3.80. The van der Waals surface area contributed by atoms with Crippen molar-refractivity contribution in [1.29, 1.82) is 0 Å². The number of hydrogen-bond acceptors (Lipinski definition) is 18. The van der Waals surface area contributed by atoms with Gasteiger partial charge in [0, 0.05) is 72.1 Å². The minimum atomic E-state index is -2.45. The summed E-state index contributed by atoms with van der Waals surface area (Å²) in [6, 6.07) is -1.17. The molecule has 4 rings (SSSR count). The quantitative estimate of drug-likeness (QED) is 0.0398. The second kappa shape index (κ2) is 36.1. The van der Waals surface area contributed by atoms with E-state index in [4.69, 9.17) is 59.6 Å². The number of hydrogen-bond donors (Lipinski definition) is 3. The minimum absolute atomic E-state index is 0.00384. The molecule has 1 saturated carbocycles. The first kappa shape index (κ1) is 69.7. The fourth-order valence-corrected chi connectivity index (χ4v) is 11.5. The van der Waals surface area contributed by atoms with Gasteiger partial charge < -0.3 is 67.8 Å². The van der Waals surface area contributed by atoms with Crippen molar-refractivity contribution in [2.24, 2.45) is 35.5 Å². The highest BCUT2D eigenvalue weighted by atomic mass is 32.1. The third kappa shape index (κ3) is 22.0. The Morgan fingerprint density at radius 3 is 2.16 bits per heavy atom. The predicted molar refractivity (Wildman–Crippen MR) is 309 cm³/mol. The first-order valence-electron chi connectivity index (χ1n) is 29.3. The number of piperidine rings is 1. The van der Waals surface area contributed by atoms with Crippen LogP contribution in [-0.4, -0.2) is 192 Å². The molecule has 1 unspecified atom stereocenters. The van der Waals surface area contributed by atoms with E-state index in [1.54, 1.807) is 48.2 Å². The third-order valence-corrected chi connectivity index (χ3v) is 16.6. The van der Waals surface area contributed by atoms with Crippen LogP contribution in [0.4, 0.5) is 0 Å². The zero-order valence-electron chi connectivity index (χ0n) is 50.3. The molecule has 1 aliphatic carbocycles. The molecule has 0 radical (unpaired) electrons. The number of esters is 1. The highest BCUT2D eigenvalue weighted by Crippen LogP contribution is 2.38. The van der Waals surface area contributed by atoms with Gasteiger partial charge in [-0.15, -0.1) is 0 Å². The van der Waals surface area contributed by atoms with E-state index in [0.717, 1.165) is 12.0 Å². The lowest BCUT2D eigenvalue weighted by Crippen LogP contribution is -2.61. The van der Waals surface area contributed by atoms with Gasteiger partial charge in [0.15, 0.2) is 5.78 Å². The van der Waals surface area contributed by atoms with Gasteiger partial charge in [-0.1, -0.05) is 71.1 Å². The van der Waals surface area contributed by atoms with Gasteiger partial charge in [0.2, 0.25) is 5.79 Å². The standard InChI is InChI=1S/C61H98N2O17S/c1-39-17-13-12-14-18-40(2)51(72-9)37-47-22-20-45(7)61(70,80-47)57(67)58(68)63-25-16-15-19-48(63)59(69)78-52(38-49(64)41(3)34-44(6)55(66)56(74-11)54(65)43(5)33-39)42(4)35-46-21-23-50(53(36-46)73-10)79-60(81)62-24-26-75-29-30-77-32-31-76-28-27-71-8/h12-14,17-18,34,39,41-43,45-48,50-53,55-56,66,70H,15-16,19-33,35-38H2,1-11H3,(H,62,81)/b14-12+,17-13+,40-18+,44-34+/t39-,41-,42-,43?,45-,46+,47+,48+,50-,51+,52+,53-,55-,56+,61-/m1/s1. The SMILES string of the molecule is COCCOCCOCCOCCNC(=S)O[C@@H]1CC[C@@H](C[C@@H](C)[C@@H]2CC(=O)[C@H](C)/C=C(\C)[C@@H](O)[C@@H](OC)C(=O)C(C)C[C@H](C)/C=C/C=C/C=C(\C)[C@@H](OC)C[C@@H]3CC[C@@H](C)[C@@](O)(O3)C(=O)C(=O)N3CCCC[C@H]3C(=O)O2)C[C@H]1OC. The largest absolute Gasteiger partial charge is 0.465 e. The van der Waals surface area contributed by atoms with Gasteiger partial charge in [-0.3, -0.25) is 19.2 Å². The molecule has 3 N–H and O–H groups in total. The Balaban J connectivity index is 1.55. The molecule has 20 heteroatoms. The second-order valence-electron chi connectivity index (χ2n) is 22.7. The molecule has 2 saturated heterocycles. The van der Waals surface area contributed by atoms with E-state index in [1.807, 2.05) is 58.1 Å². The maximum Gasteiger partial charge on any atom is 0.329 e. The van der Waals surface area contributed by atoms with E-state index in [-0.39, 0.29) is 66.1 Å². The van der Waals surface area contributed by atoms with Crippen molar-refractivity contribution in [3.63, 3.8) is 0 Å². The van der Waals surface area contributed by atoms with Crippen molar-refractivity contribution in [3.8, 4) is 0 Å². The van der Waals surface area contributed by atoms with Crippen LogP contribution >= 0.6 is 12.2 Å². The Morgan fingerprint density at radius 1 is 0.802 bits per heavy atom. The maximum absolute atomic E-state index is 14.6. The molecule has 0 aromatic carbocycles. The first-order chi connectivity index (χ1) is 38.7. The fraction of sp³-hybridized carbons (Fsp3) is 0.770. The van der Waals surface area contributed by atoms with Gasteiger partial charge in [-0.2, -0.15) is 0 Å². The summed E-state index contributed by atoms with van der Waals surface area (Å²) in [5.41, 5.74) is 1.25. The summed E-state index contributed by atoms with van der Waals surface area (Å²) in [5, 5.41) is 27.0. The van der Waals surface area contributed by atoms with Gasteiger partial charge in [0.1, 0.15) is 36.2 Å². The van der Waals surface area contributed by atoms with Crippen LogP contribution in [0.15, 0.2) is 47.6 Å². The monoisotopic (exact) mass is 1160 g/mol. The normalized spacial score (nSPS) is 34.7. The van der Waals surface area contributed by atoms with Crippen LogP contribution in [0, 0.1) is 35.5 Å². The van der Waals surface area contributed by atoms with Crippen LogP contribution < -0.4 is 5.32 Å². The summed E-state index contributed by atoms with van der Waals surface area (Å²) in [4.78, 5) is 72.9. The van der Waals surface area contributed by atoms with Crippen molar-refractivity contribution < 1.29 is 81.6 Å². The van der Waals surface area contributed by atoms with Crippen LogP contribution in [0.3, 0.4) is 0 Å². The number of nitrogens with one attached hydrogen (secondary N) is 1. The van der Waals surface area contributed by atoms with Crippen molar-refractivity contribution in [3.05, 3.63) is 47.6 Å². The number of ether oxygens (including phenoxy) is 10. The lowest BCUT2D eigenvalue weighted by molar-refractivity contribution is -0.265. The minimum Gasteiger partial charge on any atom is -0.465 e. The van der Waals surface area contributed by atoms with Gasteiger partial charge in [0.05, 0.1) is 64.6 Å². The molecule has 3 fully saturated rings. The number of rotatable bonds is 19. The zero-order chi connectivity index (χ0) is 59.6. The number of Topliss-reactive ketones (excluding diaryl/α,β-unsaturated/α-hetero) is 3. The fourth-order valence-electron chi connectivity index (χ4n) is 11.3. The topological polar surface area (TPSA) is 233 Å². The zero-order valence-corrected chi connectivity index (χ0v) is 51.1. The Kier molecular flexibility index (Phi) is 31.1. The molecule has 0 aromatic rings. The van der Waals surface area contributed by atoms with Gasteiger partial charge in [-0.05, 0) is 119 Å². The molecule has 3 aliphatic heterocycles. The number of amides is 1. The second-order valence-corrected chi connectivity index (χ2v) is 23.1. The average Bonchev–Trinajstić information content (AvgIpc) is 3.56. The number of carbonyl (C=O) groups is 5. The summed E-state index contributed by atoms with van der Waals surface area (Å²) in [6.45, 7) is 16.4. The van der Waals surface area contributed by atoms with Crippen LogP contribution in [-0.2, 0) is 71.3 Å². The molecule has 0 spiro atoms. The molecule has 1 amide bonds. The van der Waals surface area contributed by atoms with E-state index < -0.39 is 77.8 Å². The maximum atomic E-state index is 14.6. The number of ketones is 3. The van der Waals surface area contributed by atoms with Crippen molar-refractivity contribution in [1.82, 2.24) is 10.2 Å². The van der Waals surface area contributed by atoms with E-state index in [1.165, 1.54) is 12.0 Å². The molecule has 460 valence electrons. The van der Waals surface area contributed by atoms with E-state index in [9.17, 15) is 34.2 Å². The van der Waals surface area contributed by atoms with Crippen molar-refractivity contribution in [2.45, 2.75) is 180 Å². The molecule has 0 aromatic heterocycles. The predicted octanol–water partition coefficient (Wildman–Crippen LogP) is 6.78. The smallest absolute Gasteiger partial charge is 0.329 e. The van der Waals surface area contributed by atoms with Gasteiger partial charge in [0.25, 0.3) is 16.9 Å². The Bertz CT molecular complexity index is 2120. The number of nitrogens with zero attached hydrogens (tertiary/aromatic N) is 1. The summed E-state index contributed by atoms with van der Waals surface area (Å²) in [6.07, 6.45) is 11.3. The molecule has 2 bridgehead atoms. The first-order valence-corrected chi connectivity index (χ1v) is 29.8. The molecule has 3 heterocycles. The summed E-state index contributed by atoms with van der Waals surface area (Å²) in [5.74, 6) is -8.20. The Morgan fingerprint density at radius 2 is 1.49 bits per heavy atom. The molecule has 4 aliphatic rings. The molecular weight excluding hydrogens is 1060 g/mol. The number of aliphatic hydroxyl groups is 2. The number of cyclic esters (lactones) is 1. The number of allylic oxidation sites excluding steroid dienone is 6. The van der Waals surface area contributed by atoms with Crippen LogP contribution in [0.2, 0.25) is 0 Å². The Labute approximate surface area is 487 Å². The number of aliphatic hydroxyl groups excluding tert-OH is 1. The number of thiocarbonyl (C=S) groups is 1. The van der Waals surface area contributed by atoms with E-state index in [0.29, 0.717) is 116 Å². The van der Waals surface area contributed by atoms with Crippen LogP contribution in [0.25, 0.3) is 0 Å². The molecular formula is C61H98N2O17S. The van der Waals surface area contributed by atoms with Gasteiger partial charge in [-0.25, -0.2) is 4.79 Å². The van der Waals surface area contributed by atoms with Crippen molar-refractivity contribution >= 4 is 46.6 Å². The summed E-state index contributed by atoms with van der Waals surface area (Å²) in [7, 11) is 6.21. The lowest BCUT2D eigenvalue weighted by atomic mass is 9.78. The highest BCUT2D eigenvalue weighted by molar-refractivity contribution is 7.80. The highest BCUT2D eigenvalue weighted by Gasteiger charge is 2.53. The molecule has 15 atom stereocenters. The molecule has 81 heavy (non-hydrogen) atoms. The van der Waals surface area contributed by atoms with E-state index >= 15 is 0 Å². The van der Waals surface area contributed by atoms with Crippen LogP contribution in [0.1, 0.15) is 126 Å². The number of carbonyl (C=O) groups excluding carboxylic acids is 5. The van der Waals surface area contributed by atoms with Crippen molar-refractivity contribution in [2.75, 3.05) is 87.8 Å². The summed E-state index contributed by atoms with van der Waals surface area (Å²) < 4.78 is 57.7.